The first-order chi connectivity index (χ1) is 17.1. The van der Waals surface area contributed by atoms with Crippen LogP contribution in [-0.4, -0.2) is 80.1 Å². The van der Waals surface area contributed by atoms with Crippen LogP contribution in [0.3, 0.4) is 0 Å². The maximum absolute atomic E-state index is 13.4. The summed E-state index contributed by atoms with van der Waals surface area (Å²) in [5.41, 5.74) is 4.77. The maximum Gasteiger partial charge on any atom is 0.246 e. The molecule has 4 rings (SSSR count). The number of β-amino-alcohol motifs (C(OH)–C–C–N with tert-alkyl or cyclic N) is 2. The number of hydrogen-bond donors (Lipinski definition) is 3. The molecule has 10 heteroatoms. The van der Waals surface area contributed by atoms with Gasteiger partial charge in [0.05, 0.1) is 28.3 Å². The Labute approximate surface area is 215 Å². The van der Waals surface area contributed by atoms with Crippen LogP contribution in [0, 0.1) is 12.8 Å². The Morgan fingerprint density at radius 1 is 1.06 bits per heavy atom. The lowest BCUT2D eigenvalue weighted by molar-refractivity contribution is -0.147. The van der Waals surface area contributed by atoms with E-state index in [9.17, 15) is 24.6 Å². The molecule has 2 fully saturated rings. The molecular formula is C26H34N4O5S. The number of carbonyl (C=O) groups is 3. The molecule has 9 nitrogen and oxygen atoms in total. The average molecular weight is 515 g/mol. The Balaban J connectivity index is 1.40. The van der Waals surface area contributed by atoms with Gasteiger partial charge in [0, 0.05) is 38.9 Å². The van der Waals surface area contributed by atoms with E-state index in [1.165, 1.54) is 9.80 Å². The number of thiazole rings is 1. The predicted molar refractivity (Wildman–Crippen MR) is 136 cm³/mol. The van der Waals surface area contributed by atoms with Crippen LogP contribution < -0.4 is 5.32 Å². The van der Waals surface area contributed by atoms with Crippen LogP contribution in [-0.2, 0) is 20.9 Å². The molecule has 0 spiro atoms. The zero-order valence-corrected chi connectivity index (χ0v) is 21.7. The molecule has 2 aromatic rings. The molecule has 2 aliphatic heterocycles. The van der Waals surface area contributed by atoms with Crippen LogP contribution in [0.25, 0.3) is 10.4 Å². The highest BCUT2D eigenvalue weighted by molar-refractivity contribution is 7.13. The van der Waals surface area contributed by atoms with Crippen molar-refractivity contribution in [2.75, 3.05) is 13.1 Å². The maximum atomic E-state index is 13.4. The van der Waals surface area contributed by atoms with Crippen molar-refractivity contribution in [3.63, 3.8) is 0 Å². The molecule has 194 valence electrons. The van der Waals surface area contributed by atoms with Crippen LogP contribution in [0.4, 0.5) is 0 Å². The molecule has 36 heavy (non-hydrogen) atoms. The Morgan fingerprint density at radius 3 is 2.31 bits per heavy atom. The summed E-state index contributed by atoms with van der Waals surface area (Å²) in [4.78, 5) is 47.4. The molecule has 4 atom stereocenters. The third kappa shape index (κ3) is 5.77. The van der Waals surface area contributed by atoms with Crippen molar-refractivity contribution in [3.8, 4) is 10.4 Å². The van der Waals surface area contributed by atoms with Gasteiger partial charge in [0.15, 0.2) is 0 Å². The van der Waals surface area contributed by atoms with Gasteiger partial charge in [0.25, 0.3) is 0 Å². The number of aliphatic hydroxyl groups excluding tert-OH is 2. The number of aryl methyl sites for hydroxylation is 1. The summed E-state index contributed by atoms with van der Waals surface area (Å²) in [5, 5.41) is 23.3. The SMILES string of the molecule is Cc1ncsc1-c1ccc(CNC(=O)C2CC(O)CN2C(=O)C2CC(O)CN2C(=O)CC(C)C)cc1. The third-order valence-electron chi connectivity index (χ3n) is 6.76. The largest absolute Gasteiger partial charge is 0.391 e. The minimum atomic E-state index is -0.827. The number of carbonyl (C=O) groups excluding carboxylic acids is 3. The van der Waals surface area contributed by atoms with E-state index in [4.69, 9.17) is 0 Å². The highest BCUT2D eigenvalue weighted by Gasteiger charge is 2.46. The molecule has 0 bridgehead atoms. The molecule has 3 N–H and O–H groups in total. The van der Waals surface area contributed by atoms with E-state index in [1.54, 1.807) is 11.3 Å². The normalized spacial score (nSPS) is 23.9. The van der Waals surface area contributed by atoms with E-state index in [0.717, 1.165) is 21.7 Å². The fourth-order valence-corrected chi connectivity index (χ4v) is 5.76. The van der Waals surface area contributed by atoms with Crippen LogP contribution in [0.1, 0.15) is 44.4 Å². The fraction of sp³-hybridized carbons (Fsp3) is 0.538. The molecule has 1 aromatic carbocycles. The van der Waals surface area contributed by atoms with E-state index >= 15 is 0 Å². The lowest BCUT2D eigenvalue weighted by atomic mass is 10.1. The Kier molecular flexibility index (Phi) is 8.07. The van der Waals surface area contributed by atoms with Crippen molar-refractivity contribution in [2.45, 2.75) is 70.9 Å². The first-order valence-electron chi connectivity index (χ1n) is 12.4. The van der Waals surface area contributed by atoms with Gasteiger partial charge < -0.3 is 25.3 Å². The van der Waals surface area contributed by atoms with Gasteiger partial charge in [-0.2, -0.15) is 0 Å². The smallest absolute Gasteiger partial charge is 0.246 e. The number of likely N-dealkylation sites (tertiary alicyclic amines) is 2. The number of amides is 3. The van der Waals surface area contributed by atoms with E-state index in [0.29, 0.717) is 0 Å². The highest BCUT2D eigenvalue weighted by Crippen LogP contribution is 2.28. The number of benzene rings is 1. The van der Waals surface area contributed by atoms with Gasteiger partial charge in [-0.1, -0.05) is 38.1 Å². The number of aromatic nitrogens is 1. The van der Waals surface area contributed by atoms with Gasteiger partial charge in [0.1, 0.15) is 12.1 Å². The molecular weight excluding hydrogens is 480 g/mol. The molecule has 3 amide bonds. The van der Waals surface area contributed by atoms with Gasteiger partial charge in [-0.25, -0.2) is 4.98 Å². The van der Waals surface area contributed by atoms with Crippen molar-refractivity contribution in [3.05, 3.63) is 41.0 Å². The summed E-state index contributed by atoms with van der Waals surface area (Å²) < 4.78 is 0. The lowest BCUT2D eigenvalue weighted by Crippen LogP contribution is -2.53. The molecule has 0 saturated carbocycles. The van der Waals surface area contributed by atoms with Crippen LogP contribution in [0.2, 0.25) is 0 Å². The van der Waals surface area contributed by atoms with Gasteiger partial charge in [-0.15, -0.1) is 11.3 Å². The molecule has 1 aromatic heterocycles. The number of hydrogen-bond acceptors (Lipinski definition) is 7. The number of nitrogens with zero attached hydrogens (tertiary/aromatic N) is 3. The summed E-state index contributed by atoms with van der Waals surface area (Å²) in [6.07, 6.45) is -1.06. The first kappa shape index (κ1) is 26.2. The predicted octanol–water partition coefficient (Wildman–Crippen LogP) is 1.70. The summed E-state index contributed by atoms with van der Waals surface area (Å²) in [6.45, 7) is 6.23. The second-order valence-electron chi connectivity index (χ2n) is 10.1. The topological polar surface area (TPSA) is 123 Å². The third-order valence-corrected chi connectivity index (χ3v) is 7.74. The molecule has 0 radical (unpaired) electrons. The summed E-state index contributed by atoms with van der Waals surface area (Å²) in [7, 11) is 0. The number of aliphatic hydroxyl groups is 2. The Bertz CT molecular complexity index is 1100. The zero-order valence-electron chi connectivity index (χ0n) is 20.9. The molecule has 2 saturated heterocycles. The average Bonchev–Trinajstić information content (AvgIpc) is 3.55. The molecule has 2 aliphatic rings. The summed E-state index contributed by atoms with van der Waals surface area (Å²) >= 11 is 1.58. The van der Waals surface area contributed by atoms with E-state index in [-0.39, 0.29) is 56.6 Å². The van der Waals surface area contributed by atoms with E-state index < -0.39 is 30.2 Å². The van der Waals surface area contributed by atoms with E-state index in [2.05, 4.69) is 10.3 Å². The number of nitrogens with one attached hydrogen (secondary N) is 1. The Morgan fingerprint density at radius 2 is 1.69 bits per heavy atom. The van der Waals surface area contributed by atoms with Crippen molar-refractivity contribution >= 4 is 29.1 Å². The highest BCUT2D eigenvalue weighted by atomic mass is 32.1. The zero-order chi connectivity index (χ0) is 26.0. The van der Waals surface area contributed by atoms with Gasteiger partial charge in [0.2, 0.25) is 17.7 Å². The lowest BCUT2D eigenvalue weighted by Gasteiger charge is -2.31. The van der Waals surface area contributed by atoms with Crippen molar-refractivity contribution in [2.24, 2.45) is 5.92 Å². The molecule has 0 aliphatic carbocycles. The quantitative estimate of drug-likeness (QED) is 0.517. The van der Waals surface area contributed by atoms with Crippen molar-refractivity contribution in [1.29, 1.82) is 0 Å². The second-order valence-corrected chi connectivity index (χ2v) is 11.0. The Hall–Kier alpha value is -2.82. The fourth-order valence-electron chi connectivity index (χ4n) is 4.95. The van der Waals surface area contributed by atoms with Crippen LogP contribution in [0.15, 0.2) is 29.8 Å². The first-order valence-corrected chi connectivity index (χ1v) is 13.2. The molecule has 3 heterocycles. The second kappa shape index (κ2) is 11.1. The van der Waals surface area contributed by atoms with Crippen molar-refractivity contribution < 1.29 is 24.6 Å². The monoisotopic (exact) mass is 514 g/mol. The summed E-state index contributed by atoms with van der Waals surface area (Å²) in [5.74, 6) is -0.804. The van der Waals surface area contributed by atoms with Crippen molar-refractivity contribution in [1.82, 2.24) is 20.1 Å². The summed E-state index contributed by atoms with van der Waals surface area (Å²) in [6, 6.07) is 6.22. The number of rotatable bonds is 7. The van der Waals surface area contributed by atoms with Gasteiger partial charge >= 0.3 is 0 Å². The minimum absolute atomic E-state index is 0.0264. The standard InChI is InChI=1S/C26H34N4O5S/c1-15(2)8-23(33)29-12-20(32)10-22(29)26(35)30-13-19(31)9-21(30)25(34)27-11-17-4-6-18(7-5-17)24-16(3)28-14-36-24/h4-7,14-15,19-22,31-32H,8-13H2,1-3H3,(H,27,34). The van der Waals surface area contributed by atoms with Crippen LogP contribution in [0.5, 0.6) is 0 Å². The molecule has 4 unspecified atom stereocenters. The van der Waals surface area contributed by atoms with E-state index in [1.807, 2.05) is 50.5 Å². The van der Waals surface area contributed by atoms with Crippen LogP contribution >= 0.6 is 11.3 Å². The minimum Gasteiger partial charge on any atom is -0.391 e. The van der Waals surface area contributed by atoms with Gasteiger partial charge in [-0.3, -0.25) is 14.4 Å². The van der Waals surface area contributed by atoms with Gasteiger partial charge in [-0.05, 0) is 24.0 Å².